The number of alkyl halides is 3. The second kappa shape index (κ2) is 5.30. The van der Waals surface area contributed by atoms with Gasteiger partial charge in [0.1, 0.15) is 5.01 Å². The van der Waals surface area contributed by atoms with Crippen molar-refractivity contribution in [1.29, 1.82) is 0 Å². The Balaban J connectivity index is 2.18. The quantitative estimate of drug-likeness (QED) is 0.549. The molecule has 0 unspecified atom stereocenters. The number of thiazole rings is 1. The van der Waals surface area contributed by atoms with Crippen molar-refractivity contribution in [3.05, 3.63) is 45.9 Å². The maximum atomic E-state index is 12.7. The molecule has 1 aromatic heterocycles. The molecule has 0 amide bonds. The summed E-state index contributed by atoms with van der Waals surface area (Å²) in [6.45, 7) is 0. The van der Waals surface area contributed by atoms with Crippen molar-refractivity contribution >= 4 is 50.4 Å². The monoisotopic (exact) mass is 362 g/mol. The number of hydrogen-bond acceptors (Lipinski definition) is 3. The van der Waals surface area contributed by atoms with E-state index in [0.29, 0.717) is 31.0 Å². The number of nitrogen functional groups attached to an aromatic ring is 1. The molecule has 114 valence electrons. The third-order valence-electron chi connectivity index (χ3n) is 2.99. The van der Waals surface area contributed by atoms with Gasteiger partial charge in [0.15, 0.2) is 0 Å². The highest BCUT2D eigenvalue weighted by Gasteiger charge is 2.31. The van der Waals surface area contributed by atoms with Crippen LogP contribution in [0.4, 0.5) is 18.9 Å². The molecule has 2 N–H and O–H groups in total. The van der Waals surface area contributed by atoms with Crippen molar-refractivity contribution in [3.63, 3.8) is 0 Å². The Morgan fingerprint density at radius 2 is 1.68 bits per heavy atom. The van der Waals surface area contributed by atoms with E-state index in [0.717, 1.165) is 12.1 Å². The Labute approximate surface area is 137 Å². The molecular weight excluding hydrogens is 356 g/mol. The fourth-order valence-electron chi connectivity index (χ4n) is 2.01. The first-order valence-electron chi connectivity index (χ1n) is 5.98. The van der Waals surface area contributed by atoms with Crippen LogP contribution in [0.2, 0.25) is 10.0 Å². The van der Waals surface area contributed by atoms with Gasteiger partial charge in [-0.2, -0.15) is 13.2 Å². The molecule has 8 heteroatoms. The number of hydrogen-bond donors (Lipinski definition) is 1. The molecule has 2 aromatic carbocycles. The van der Waals surface area contributed by atoms with Gasteiger partial charge in [0.2, 0.25) is 0 Å². The molecule has 2 nitrogen and oxygen atoms in total. The number of rotatable bonds is 1. The van der Waals surface area contributed by atoms with Crippen LogP contribution < -0.4 is 5.73 Å². The fourth-order valence-corrected chi connectivity index (χ4v) is 3.82. The smallest absolute Gasteiger partial charge is 0.399 e. The summed E-state index contributed by atoms with van der Waals surface area (Å²) in [4.78, 5) is 4.22. The summed E-state index contributed by atoms with van der Waals surface area (Å²) >= 11 is 13.5. The minimum atomic E-state index is -4.41. The van der Waals surface area contributed by atoms with Gasteiger partial charge in [-0.25, -0.2) is 4.98 Å². The van der Waals surface area contributed by atoms with Crippen LogP contribution in [-0.4, -0.2) is 4.98 Å². The zero-order chi connectivity index (χ0) is 16.1. The van der Waals surface area contributed by atoms with Crippen LogP contribution >= 0.6 is 34.5 Å². The van der Waals surface area contributed by atoms with Crippen molar-refractivity contribution in [2.24, 2.45) is 0 Å². The van der Waals surface area contributed by atoms with Crippen molar-refractivity contribution < 1.29 is 13.2 Å². The highest BCUT2D eigenvalue weighted by Crippen LogP contribution is 2.41. The van der Waals surface area contributed by atoms with E-state index >= 15 is 0 Å². The number of aromatic nitrogens is 1. The minimum absolute atomic E-state index is 0.249. The lowest BCUT2D eigenvalue weighted by Crippen LogP contribution is -2.03. The zero-order valence-corrected chi connectivity index (χ0v) is 13.0. The third kappa shape index (κ3) is 2.74. The van der Waals surface area contributed by atoms with Crippen molar-refractivity contribution in [1.82, 2.24) is 4.98 Å². The maximum absolute atomic E-state index is 12.7. The van der Waals surface area contributed by atoms with Gasteiger partial charge in [0, 0.05) is 11.3 Å². The third-order valence-corrected chi connectivity index (χ3v) is 4.64. The number of halogens is 5. The lowest BCUT2D eigenvalue weighted by molar-refractivity contribution is -0.137. The van der Waals surface area contributed by atoms with Gasteiger partial charge >= 0.3 is 6.18 Å². The lowest BCUT2D eigenvalue weighted by atomic mass is 10.2. The SMILES string of the molecule is Nc1cc(Cl)c(-c2nc3cc(C(F)(F)F)ccc3s2)c(Cl)c1. The Morgan fingerprint density at radius 1 is 1.05 bits per heavy atom. The van der Waals surface area contributed by atoms with Gasteiger partial charge in [0.05, 0.1) is 25.8 Å². The Bertz CT molecular complexity index is 851. The first kappa shape index (κ1) is 15.4. The average Bonchev–Trinajstić information content (AvgIpc) is 2.78. The van der Waals surface area contributed by atoms with Crippen molar-refractivity contribution in [3.8, 4) is 10.6 Å². The summed E-state index contributed by atoms with van der Waals surface area (Å²) in [5, 5.41) is 1.06. The van der Waals surface area contributed by atoms with Crippen LogP contribution in [0.1, 0.15) is 5.56 Å². The van der Waals surface area contributed by atoms with Gasteiger partial charge in [-0.3, -0.25) is 0 Å². The van der Waals surface area contributed by atoms with Gasteiger partial charge in [-0.1, -0.05) is 23.2 Å². The molecule has 0 saturated carbocycles. The van der Waals surface area contributed by atoms with E-state index in [1.54, 1.807) is 0 Å². The molecule has 0 atom stereocenters. The molecule has 0 fully saturated rings. The van der Waals surface area contributed by atoms with Crippen LogP contribution in [-0.2, 0) is 6.18 Å². The Morgan fingerprint density at radius 3 is 2.27 bits per heavy atom. The molecule has 0 saturated heterocycles. The zero-order valence-electron chi connectivity index (χ0n) is 10.7. The van der Waals surface area contributed by atoms with Crippen LogP contribution in [0.25, 0.3) is 20.8 Å². The Kier molecular flexibility index (Phi) is 3.71. The molecule has 3 aromatic rings. The van der Waals surface area contributed by atoms with E-state index in [9.17, 15) is 13.2 Å². The second-order valence-electron chi connectivity index (χ2n) is 4.56. The number of benzene rings is 2. The molecule has 22 heavy (non-hydrogen) atoms. The molecule has 1 heterocycles. The topological polar surface area (TPSA) is 38.9 Å². The van der Waals surface area contributed by atoms with Crippen LogP contribution in [0.3, 0.4) is 0 Å². The largest absolute Gasteiger partial charge is 0.416 e. The fraction of sp³-hybridized carbons (Fsp3) is 0.0714. The molecule has 3 rings (SSSR count). The van der Waals surface area contributed by atoms with Crippen molar-refractivity contribution in [2.75, 3.05) is 5.73 Å². The summed E-state index contributed by atoms with van der Waals surface area (Å²) < 4.78 is 38.8. The predicted octanol–water partition coefficient (Wildman–Crippen LogP) is 5.87. The van der Waals surface area contributed by atoms with Gasteiger partial charge in [-0.15, -0.1) is 11.3 Å². The number of anilines is 1. The second-order valence-corrected chi connectivity index (χ2v) is 6.40. The van der Waals surface area contributed by atoms with E-state index in [1.165, 1.54) is 29.5 Å². The summed E-state index contributed by atoms with van der Waals surface area (Å²) in [5.74, 6) is 0. The average molecular weight is 363 g/mol. The lowest BCUT2D eigenvalue weighted by Gasteiger charge is -2.05. The summed E-state index contributed by atoms with van der Waals surface area (Å²) in [7, 11) is 0. The molecule has 0 radical (unpaired) electrons. The van der Waals surface area contributed by atoms with Crippen LogP contribution in [0, 0.1) is 0 Å². The highest BCUT2D eigenvalue weighted by atomic mass is 35.5. The van der Waals surface area contributed by atoms with Gasteiger partial charge in [0.25, 0.3) is 0 Å². The predicted molar refractivity (Wildman–Crippen MR) is 84.5 cm³/mol. The van der Waals surface area contributed by atoms with Crippen LogP contribution in [0.5, 0.6) is 0 Å². The molecule has 0 spiro atoms. The number of fused-ring (bicyclic) bond motifs is 1. The minimum Gasteiger partial charge on any atom is -0.399 e. The van der Waals surface area contributed by atoms with E-state index in [4.69, 9.17) is 28.9 Å². The summed E-state index contributed by atoms with van der Waals surface area (Å²) in [6.07, 6.45) is -4.41. The molecule has 0 aliphatic carbocycles. The molecule has 0 aliphatic heterocycles. The van der Waals surface area contributed by atoms with Gasteiger partial charge in [-0.05, 0) is 30.3 Å². The van der Waals surface area contributed by atoms with Gasteiger partial charge < -0.3 is 5.73 Å². The van der Waals surface area contributed by atoms with E-state index in [2.05, 4.69) is 4.98 Å². The molecular formula is C14H7Cl2F3N2S. The first-order valence-corrected chi connectivity index (χ1v) is 7.55. The summed E-state index contributed by atoms with van der Waals surface area (Å²) in [6, 6.07) is 6.47. The molecule has 0 bridgehead atoms. The highest BCUT2D eigenvalue weighted by molar-refractivity contribution is 7.21. The van der Waals surface area contributed by atoms with Crippen molar-refractivity contribution in [2.45, 2.75) is 6.18 Å². The Hall–Kier alpha value is -1.50. The summed E-state index contributed by atoms with van der Waals surface area (Å²) in [5.41, 5.74) is 6.01. The standard InChI is InChI=1S/C14H7Cl2F3N2S/c15-8-4-7(20)5-9(16)12(8)13-21-10-3-6(14(17,18)19)1-2-11(10)22-13/h1-5H,20H2. The number of nitrogens with two attached hydrogens (primary N) is 1. The number of nitrogens with zero attached hydrogens (tertiary/aromatic N) is 1. The first-order chi connectivity index (χ1) is 10.3. The molecule has 0 aliphatic rings. The normalized spacial score (nSPS) is 12.0. The van der Waals surface area contributed by atoms with E-state index < -0.39 is 11.7 Å². The van der Waals surface area contributed by atoms with Crippen LogP contribution in [0.15, 0.2) is 30.3 Å². The van der Waals surface area contributed by atoms with E-state index in [1.807, 2.05) is 0 Å². The maximum Gasteiger partial charge on any atom is 0.416 e. The van der Waals surface area contributed by atoms with E-state index in [-0.39, 0.29) is 5.52 Å².